The molecule has 0 aromatic carbocycles. The summed E-state index contributed by atoms with van der Waals surface area (Å²) < 4.78 is 29.7. The van der Waals surface area contributed by atoms with Crippen LogP contribution in [-0.4, -0.2) is 24.4 Å². The van der Waals surface area contributed by atoms with Crippen molar-refractivity contribution in [3.05, 3.63) is 0 Å². The lowest BCUT2D eigenvalue weighted by Gasteiger charge is -2.35. The summed E-state index contributed by atoms with van der Waals surface area (Å²) in [4.78, 5) is 10.3. The molecule has 0 aromatic heterocycles. The Labute approximate surface area is 69.9 Å². The van der Waals surface area contributed by atoms with Gasteiger partial charge in [-0.15, -0.1) is 0 Å². The van der Waals surface area contributed by atoms with Crippen LogP contribution in [-0.2, 0) is 9.53 Å². The maximum absolute atomic E-state index is 12.4. The Balaban J connectivity index is 2.60. The highest BCUT2D eigenvalue weighted by Crippen LogP contribution is 2.32. The SMILES string of the molecule is CC1(C(F)F)CCCC(C=O)O1. The molecule has 1 saturated heterocycles. The van der Waals surface area contributed by atoms with E-state index in [9.17, 15) is 13.6 Å². The Morgan fingerprint density at radius 2 is 2.33 bits per heavy atom. The van der Waals surface area contributed by atoms with Gasteiger partial charge in [0.25, 0.3) is 6.43 Å². The Morgan fingerprint density at radius 1 is 1.67 bits per heavy atom. The lowest BCUT2D eigenvalue weighted by molar-refractivity contribution is -0.183. The zero-order valence-electron chi connectivity index (χ0n) is 6.93. The van der Waals surface area contributed by atoms with Crippen LogP contribution >= 0.6 is 0 Å². The highest BCUT2D eigenvalue weighted by molar-refractivity contribution is 5.56. The van der Waals surface area contributed by atoms with Gasteiger partial charge in [0.1, 0.15) is 18.0 Å². The molecule has 1 aliphatic rings. The van der Waals surface area contributed by atoms with Crippen molar-refractivity contribution in [2.45, 2.75) is 44.3 Å². The van der Waals surface area contributed by atoms with E-state index in [1.807, 2.05) is 0 Å². The fraction of sp³-hybridized carbons (Fsp3) is 0.875. The van der Waals surface area contributed by atoms with Crippen molar-refractivity contribution in [2.24, 2.45) is 0 Å². The largest absolute Gasteiger partial charge is 0.359 e. The minimum absolute atomic E-state index is 0.328. The molecular formula is C8H12F2O2. The van der Waals surface area contributed by atoms with Crippen molar-refractivity contribution >= 4 is 6.29 Å². The van der Waals surface area contributed by atoms with Gasteiger partial charge in [-0.1, -0.05) is 0 Å². The number of aldehydes is 1. The van der Waals surface area contributed by atoms with Gasteiger partial charge in [-0.2, -0.15) is 0 Å². The van der Waals surface area contributed by atoms with Crippen molar-refractivity contribution in [2.75, 3.05) is 0 Å². The molecule has 0 aliphatic carbocycles. The van der Waals surface area contributed by atoms with E-state index in [1.165, 1.54) is 6.92 Å². The molecule has 1 rings (SSSR count). The van der Waals surface area contributed by atoms with E-state index in [4.69, 9.17) is 4.74 Å². The van der Waals surface area contributed by atoms with Crippen molar-refractivity contribution < 1.29 is 18.3 Å². The van der Waals surface area contributed by atoms with Crippen LogP contribution in [0.4, 0.5) is 8.78 Å². The highest BCUT2D eigenvalue weighted by atomic mass is 19.3. The van der Waals surface area contributed by atoms with E-state index >= 15 is 0 Å². The average molecular weight is 178 g/mol. The fourth-order valence-corrected chi connectivity index (χ4v) is 1.37. The van der Waals surface area contributed by atoms with E-state index in [0.717, 1.165) is 0 Å². The molecule has 0 N–H and O–H groups in total. The molecule has 2 atom stereocenters. The van der Waals surface area contributed by atoms with E-state index in [1.54, 1.807) is 0 Å². The third-order valence-electron chi connectivity index (χ3n) is 2.20. The predicted octanol–water partition coefficient (Wildman–Crippen LogP) is 1.78. The molecule has 4 heteroatoms. The smallest absolute Gasteiger partial charge is 0.266 e. The van der Waals surface area contributed by atoms with Crippen LogP contribution < -0.4 is 0 Å². The molecule has 0 radical (unpaired) electrons. The molecule has 12 heavy (non-hydrogen) atoms. The number of rotatable bonds is 2. The fourth-order valence-electron chi connectivity index (χ4n) is 1.37. The van der Waals surface area contributed by atoms with E-state index < -0.39 is 18.1 Å². The zero-order valence-corrected chi connectivity index (χ0v) is 6.93. The zero-order chi connectivity index (χ0) is 9.19. The number of halogens is 2. The van der Waals surface area contributed by atoms with Gasteiger partial charge in [-0.3, -0.25) is 0 Å². The molecule has 0 spiro atoms. The van der Waals surface area contributed by atoms with Crippen molar-refractivity contribution in [1.82, 2.24) is 0 Å². The first kappa shape index (κ1) is 9.58. The topological polar surface area (TPSA) is 26.3 Å². The Morgan fingerprint density at radius 3 is 2.83 bits per heavy atom. The van der Waals surface area contributed by atoms with Crippen molar-refractivity contribution in [3.63, 3.8) is 0 Å². The normalized spacial score (nSPS) is 36.8. The van der Waals surface area contributed by atoms with Gasteiger partial charge in [0.15, 0.2) is 0 Å². The van der Waals surface area contributed by atoms with Crippen molar-refractivity contribution in [3.8, 4) is 0 Å². The summed E-state index contributed by atoms with van der Waals surface area (Å²) in [6, 6.07) is 0. The van der Waals surface area contributed by atoms with Crippen LogP contribution in [0.25, 0.3) is 0 Å². The molecule has 0 aromatic rings. The van der Waals surface area contributed by atoms with Gasteiger partial charge < -0.3 is 9.53 Å². The molecule has 1 aliphatic heterocycles. The van der Waals surface area contributed by atoms with E-state index in [0.29, 0.717) is 25.5 Å². The van der Waals surface area contributed by atoms with Gasteiger partial charge in [-0.05, 0) is 26.2 Å². The third-order valence-corrected chi connectivity index (χ3v) is 2.20. The summed E-state index contributed by atoms with van der Waals surface area (Å²) in [6.45, 7) is 1.35. The first-order valence-electron chi connectivity index (χ1n) is 4.00. The molecular weight excluding hydrogens is 166 g/mol. The van der Waals surface area contributed by atoms with Gasteiger partial charge in [0.05, 0.1) is 0 Å². The molecule has 0 saturated carbocycles. The first-order chi connectivity index (χ1) is 5.58. The van der Waals surface area contributed by atoms with Crippen LogP contribution in [0, 0.1) is 0 Å². The van der Waals surface area contributed by atoms with Gasteiger partial charge in [0, 0.05) is 0 Å². The minimum atomic E-state index is -2.51. The number of hydrogen-bond acceptors (Lipinski definition) is 2. The summed E-state index contributed by atoms with van der Waals surface area (Å²) >= 11 is 0. The Hall–Kier alpha value is -0.510. The second kappa shape index (κ2) is 3.47. The third kappa shape index (κ3) is 1.80. The number of hydrogen-bond donors (Lipinski definition) is 0. The lowest BCUT2D eigenvalue weighted by atomic mass is 9.94. The monoisotopic (exact) mass is 178 g/mol. The van der Waals surface area contributed by atoms with E-state index in [2.05, 4.69) is 0 Å². The van der Waals surface area contributed by atoms with Crippen molar-refractivity contribution in [1.29, 1.82) is 0 Å². The summed E-state index contributed by atoms with van der Waals surface area (Å²) in [6.07, 6.45) is -1.04. The maximum atomic E-state index is 12.4. The van der Waals surface area contributed by atoms with Gasteiger partial charge in [0.2, 0.25) is 0 Å². The average Bonchev–Trinajstić information content (AvgIpc) is 2.04. The maximum Gasteiger partial charge on any atom is 0.266 e. The standard InChI is InChI=1S/C8H12F2O2/c1-8(7(9)10)4-2-3-6(5-11)12-8/h5-7H,2-4H2,1H3. The molecule has 2 nitrogen and oxygen atoms in total. The molecule has 70 valence electrons. The first-order valence-corrected chi connectivity index (χ1v) is 4.00. The molecule has 2 unspecified atom stereocenters. The van der Waals surface area contributed by atoms with Gasteiger partial charge >= 0.3 is 0 Å². The molecule has 1 heterocycles. The minimum Gasteiger partial charge on any atom is -0.359 e. The summed E-state index contributed by atoms with van der Waals surface area (Å²) in [7, 11) is 0. The number of alkyl halides is 2. The number of carbonyl (C=O) groups is 1. The highest BCUT2D eigenvalue weighted by Gasteiger charge is 2.40. The summed E-state index contributed by atoms with van der Waals surface area (Å²) in [5, 5.41) is 0. The predicted molar refractivity (Wildman–Crippen MR) is 39.2 cm³/mol. The molecule has 1 fully saturated rings. The molecule has 0 bridgehead atoms. The summed E-state index contributed by atoms with van der Waals surface area (Å²) in [5.41, 5.74) is -1.41. The second-order valence-electron chi connectivity index (χ2n) is 3.30. The second-order valence-corrected chi connectivity index (χ2v) is 3.30. The van der Waals surface area contributed by atoms with Crippen LogP contribution in [0.5, 0.6) is 0 Å². The van der Waals surface area contributed by atoms with Crippen LogP contribution in [0.3, 0.4) is 0 Å². The summed E-state index contributed by atoms with van der Waals surface area (Å²) in [5.74, 6) is 0. The van der Waals surface area contributed by atoms with Crippen LogP contribution in [0.15, 0.2) is 0 Å². The van der Waals surface area contributed by atoms with Gasteiger partial charge in [-0.25, -0.2) is 8.78 Å². The van der Waals surface area contributed by atoms with Crippen LogP contribution in [0.1, 0.15) is 26.2 Å². The van der Waals surface area contributed by atoms with Crippen LogP contribution in [0.2, 0.25) is 0 Å². The number of carbonyl (C=O) groups excluding carboxylic acids is 1. The Kier molecular flexibility index (Phi) is 2.77. The lowest BCUT2D eigenvalue weighted by Crippen LogP contribution is -2.44. The van der Waals surface area contributed by atoms with E-state index in [-0.39, 0.29) is 0 Å². The quantitative estimate of drug-likeness (QED) is 0.602. The molecule has 0 amide bonds. The Bertz CT molecular complexity index is 172. The number of ether oxygens (including phenoxy) is 1.